The molecule has 0 aromatic heterocycles. The molecule has 0 aromatic rings. The Morgan fingerprint density at radius 3 is 2.29 bits per heavy atom. The van der Waals surface area contributed by atoms with Crippen LogP contribution in [0.15, 0.2) is 0 Å². The van der Waals surface area contributed by atoms with Crippen molar-refractivity contribution >= 4 is 17.6 Å². The van der Waals surface area contributed by atoms with Gasteiger partial charge in [-0.1, -0.05) is 0 Å². The van der Waals surface area contributed by atoms with Gasteiger partial charge in [-0.3, -0.25) is 4.79 Å². The highest BCUT2D eigenvalue weighted by molar-refractivity contribution is 6.23. The summed E-state index contributed by atoms with van der Waals surface area (Å²) in [6.45, 7) is 0. The Kier molecular flexibility index (Phi) is 1.71. The monoisotopic (exact) mass is 214 g/mol. The molecule has 3 heteroatoms. The van der Waals surface area contributed by atoms with Gasteiger partial charge in [0.25, 0.3) is 0 Å². The Morgan fingerprint density at radius 2 is 1.79 bits per heavy atom. The summed E-state index contributed by atoms with van der Waals surface area (Å²) < 4.78 is 0. The number of hydrogen-bond donors (Lipinski definition) is 1. The molecule has 0 radical (unpaired) electrons. The van der Waals surface area contributed by atoms with Crippen LogP contribution in [0, 0.1) is 23.2 Å². The SMILES string of the molecule is O=C(O)C12CC3CC(CC(C3)C1Cl)C2. The van der Waals surface area contributed by atoms with Crippen LogP contribution in [0.5, 0.6) is 0 Å². The molecule has 0 aliphatic heterocycles. The largest absolute Gasteiger partial charge is 0.481 e. The lowest BCUT2D eigenvalue weighted by Gasteiger charge is -2.57. The summed E-state index contributed by atoms with van der Waals surface area (Å²) >= 11 is 6.34. The predicted octanol–water partition coefficient (Wildman–Crippen LogP) is 2.50. The Balaban J connectivity index is 2.01. The summed E-state index contributed by atoms with van der Waals surface area (Å²) in [6.07, 6.45) is 5.29. The molecule has 2 nitrogen and oxygen atoms in total. The van der Waals surface area contributed by atoms with Crippen LogP contribution in [0.3, 0.4) is 0 Å². The predicted molar refractivity (Wildman–Crippen MR) is 53.3 cm³/mol. The van der Waals surface area contributed by atoms with Gasteiger partial charge in [0.15, 0.2) is 0 Å². The molecule has 14 heavy (non-hydrogen) atoms. The molecule has 78 valence electrons. The average molecular weight is 215 g/mol. The summed E-state index contributed by atoms with van der Waals surface area (Å²) in [5.41, 5.74) is -0.559. The summed E-state index contributed by atoms with van der Waals surface area (Å²) in [6, 6.07) is 0. The van der Waals surface area contributed by atoms with Crippen LogP contribution in [0.4, 0.5) is 0 Å². The first kappa shape index (κ1) is 9.02. The summed E-state index contributed by atoms with van der Waals surface area (Å²) in [5, 5.41) is 9.26. The van der Waals surface area contributed by atoms with Crippen molar-refractivity contribution < 1.29 is 9.90 Å². The van der Waals surface area contributed by atoms with E-state index in [2.05, 4.69) is 0 Å². The van der Waals surface area contributed by atoms with Crippen molar-refractivity contribution in [1.82, 2.24) is 0 Å². The second-order valence-electron chi connectivity index (χ2n) is 5.47. The number of hydrogen-bond acceptors (Lipinski definition) is 1. The number of alkyl halides is 1. The van der Waals surface area contributed by atoms with Crippen LogP contribution in [-0.2, 0) is 4.79 Å². The molecule has 1 N–H and O–H groups in total. The second-order valence-corrected chi connectivity index (χ2v) is 5.94. The first-order valence-corrected chi connectivity index (χ1v) is 5.93. The molecule has 0 amide bonds. The van der Waals surface area contributed by atoms with Gasteiger partial charge in [-0.25, -0.2) is 0 Å². The second kappa shape index (κ2) is 2.66. The molecule has 0 spiro atoms. The molecule has 4 saturated carbocycles. The summed E-state index contributed by atoms with van der Waals surface area (Å²) in [4.78, 5) is 11.4. The molecule has 0 heterocycles. The van der Waals surface area contributed by atoms with E-state index in [1.165, 1.54) is 19.3 Å². The number of carboxylic acids is 1. The normalized spacial score (nSPS) is 54.9. The van der Waals surface area contributed by atoms with E-state index < -0.39 is 11.4 Å². The van der Waals surface area contributed by atoms with Crippen LogP contribution < -0.4 is 0 Å². The van der Waals surface area contributed by atoms with Crippen molar-refractivity contribution in [2.45, 2.75) is 37.5 Å². The fourth-order valence-corrected chi connectivity index (χ4v) is 4.75. The quantitative estimate of drug-likeness (QED) is 0.681. The lowest BCUT2D eigenvalue weighted by molar-refractivity contribution is -0.163. The lowest BCUT2D eigenvalue weighted by Crippen LogP contribution is -2.57. The average Bonchev–Trinajstić information content (AvgIpc) is 2.12. The molecule has 3 unspecified atom stereocenters. The molecule has 4 aliphatic carbocycles. The fourth-order valence-electron chi connectivity index (χ4n) is 4.27. The molecule has 3 atom stereocenters. The molecule has 4 rings (SSSR count). The maximum atomic E-state index is 11.4. The van der Waals surface area contributed by atoms with E-state index in [0.717, 1.165) is 12.8 Å². The number of carbonyl (C=O) groups is 1. The molecule has 4 fully saturated rings. The van der Waals surface area contributed by atoms with E-state index in [1.807, 2.05) is 0 Å². The zero-order chi connectivity index (χ0) is 9.92. The fraction of sp³-hybridized carbons (Fsp3) is 0.909. The number of rotatable bonds is 1. The van der Waals surface area contributed by atoms with Gasteiger partial charge in [-0.05, 0) is 49.9 Å². The highest BCUT2D eigenvalue weighted by Crippen LogP contribution is 2.61. The van der Waals surface area contributed by atoms with Gasteiger partial charge in [0.2, 0.25) is 0 Å². The van der Waals surface area contributed by atoms with E-state index in [4.69, 9.17) is 11.6 Å². The summed E-state index contributed by atoms with van der Waals surface area (Å²) in [7, 11) is 0. The van der Waals surface area contributed by atoms with Crippen molar-refractivity contribution in [2.75, 3.05) is 0 Å². The Labute approximate surface area is 88.6 Å². The van der Waals surface area contributed by atoms with Gasteiger partial charge in [0.05, 0.1) is 10.8 Å². The van der Waals surface area contributed by atoms with Gasteiger partial charge in [-0.2, -0.15) is 0 Å². The summed E-state index contributed by atoms with van der Waals surface area (Å²) in [5.74, 6) is 1.15. The molecule has 4 aliphatic rings. The third kappa shape index (κ3) is 0.955. The van der Waals surface area contributed by atoms with Gasteiger partial charge in [0.1, 0.15) is 0 Å². The van der Waals surface area contributed by atoms with Crippen molar-refractivity contribution in [3.05, 3.63) is 0 Å². The van der Waals surface area contributed by atoms with Crippen LogP contribution in [0.2, 0.25) is 0 Å². The van der Waals surface area contributed by atoms with E-state index in [1.54, 1.807) is 0 Å². The Bertz CT molecular complexity index is 275. The number of carboxylic acid groups (broad SMARTS) is 1. The first-order valence-electron chi connectivity index (χ1n) is 5.49. The van der Waals surface area contributed by atoms with Crippen molar-refractivity contribution in [3.63, 3.8) is 0 Å². The van der Waals surface area contributed by atoms with Crippen LogP contribution in [0.25, 0.3) is 0 Å². The van der Waals surface area contributed by atoms with Crippen LogP contribution in [-0.4, -0.2) is 16.5 Å². The highest BCUT2D eigenvalue weighted by Gasteiger charge is 2.60. The maximum Gasteiger partial charge on any atom is 0.311 e. The van der Waals surface area contributed by atoms with Gasteiger partial charge in [-0.15, -0.1) is 11.6 Å². The van der Waals surface area contributed by atoms with E-state index >= 15 is 0 Å². The zero-order valence-electron chi connectivity index (χ0n) is 8.08. The minimum Gasteiger partial charge on any atom is -0.481 e. The van der Waals surface area contributed by atoms with Gasteiger partial charge < -0.3 is 5.11 Å². The van der Waals surface area contributed by atoms with E-state index in [-0.39, 0.29) is 5.38 Å². The third-order valence-electron chi connectivity index (χ3n) is 4.61. The molecule has 0 saturated heterocycles. The van der Waals surface area contributed by atoms with Crippen molar-refractivity contribution in [1.29, 1.82) is 0 Å². The zero-order valence-corrected chi connectivity index (χ0v) is 8.83. The minimum atomic E-state index is -0.642. The molecule has 4 bridgehead atoms. The molecular weight excluding hydrogens is 200 g/mol. The molecular formula is C11H15ClO2. The standard InChI is InChI=1S/C11H15ClO2/c12-9-8-2-6-1-7(3-8)5-11(9,4-6)10(13)14/h6-9H,1-5H2,(H,13,14). The highest BCUT2D eigenvalue weighted by atomic mass is 35.5. The Morgan fingerprint density at radius 1 is 1.21 bits per heavy atom. The Hall–Kier alpha value is -0.240. The van der Waals surface area contributed by atoms with E-state index in [9.17, 15) is 9.90 Å². The number of halogens is 1. The third-order valence-corrected chi connectivity index (χ3v) is 5.39. The van der Waals surface area contributed by atoms with Crippen molar-refractivity contribution in [2.24, 2.45) is 23.2 Å². The van der Waals surface area contributed by atoms with Gasteiger partial charge >= 0.3 is 5.97 Å². The van der Waals surface area contributed by atoms with Crippen molar-refractivity contribution in [3.8, 4) is 0 Å². The number of aliphatic carboxylic acids is 1. The smallest absolute Gasteiger partial charge is 0.311 e. The molecule has 0 aromatic carbocycles. The topological polar surface area (TPSA) is 37.3 Å². The van der Waals surface area contributed by atoms with E-state index in [0.29, 0.717) is 17.8 Å². The van der Waals surface area contributed by atoms with Crippen LogP contribution >= 0.6 is 11.6 Å². The van der Waals surface area contributed by atoms with Gasteiger partial charge in [0, 0.05) is 0 Å². The maximum absolute atomic E-state index is 11.4. The first-order chi connectivity index (χ1) is 6.62. The minimum absolute atomic E-state index is 0.104. The lowest BCUT2D eigenvalue weighted by atomic mass is 9.49. The van der Waals surface area contributed by atoms with Crippen LogP contribution in [0.1, 0.15) is 32.1 Å².